The number of ether oxygens (including phenoxy) is 3. The van der Waals surface area contributed by atoms with E-state index in [1.807, 2.05) is 19.1 Å². The number of esters is 2. The summed E-state index contributed by atoms with van der Waals surface area (Å²) >= 11 is 0. The molecule has 0 N–H and O–H groups in total. The van der Waals surface area contributed by atoms with Crippen LogP contribution in [-0.2, 0) is 0 Å². The summed E-state index contributed by atoms with van der Waals surface area (Å²) in [4.78, 5) is 28.8. The van der Waals surface area contributed by atoms with Crippen molar-refractivity contribution in [2.75, 3.05) is 6.61 Å². The molecule has 6 nitrogen and oxygen atoms in total. The molecule has 166 valence electrons. The van der Waals surface area contributed by atoms with Gasteiger partial charge in [0.1, 0.15) is 5.75 Å². The summed E-state index contributed by atoms with van der Waals surface area (Å²) < 4.78 is 16.3. The Labute approximate surface area is 188 Å². The Morgan fingerprint density at radius 1 is 0.750 bits per heavy atom. The number of pyridine rings is 1. The van der Waals surface area contributed by atoms with Crippen LogP contribution < -0.4 is 14.2 Å². The number of aromatic nitrogens is 1. The summed E-state index contributed by atoms with van der Waals surface area (Å²) in [6.45, 7) is 4.76. The Hall–Kier alpha value is -3.67. The first-order chi connectivity index (χ1) is 15.5. The summed E-state index contributed by atoms with van der Waals surface area (Å²) in [6.07, 6.45) is 4.54. The maximum Gasteiger partial charge on any atom is 0.344 e. The van der Waals surface area contributed by atoms with Gasteiger partial charge in [-0.05, 0) is 49.7 Å². The van der Waals surface area contributed by atoms with E-state index >= 15 is 0 Å². The molecular formula is C26H27NO5. The molecule has 0 fully saturated rings. The highest BCUT2D eigenvalue weighted by molar-refractivity contribution is 5.91. The molecule has 0 aliphatic heterocycles. The molecule has 1 heterocycles. The molecule has 0 saturated carbocycles. The maximum absolute atomic E-state index is 12.4. The van der Waals surface area contributed by atoms with E-state index in [4.69, 9.17) is 14.2 Å². The van der Waals surface area contributed by atoms with E-state index in [9.17, 15) is 9.59 Å². The lowest BCUT2D eigenvalue weighted by Crippen LogP contribution is -2.12. The van der Waals surface area contributed by atoms with Crippen molar-refractivity contribution in [2.24, 2.45) is 0 Å². The SMILES string of the molecule is CCCCCCOc1ccc(C(=O)Oc2cccc(OC(=O)c3ccc(C)cc3)n2)cc1. The van der Waals surface area contributed by atoms with E-state index in [2.05, 4.69) is 11.9 Å². The van der Waals surface area contributed by atoms with Crippen molar-refractivity contribution in [1.82, 2.24) is 4.98 Å². The van der Waals surface area contributed by atoms with Gasteiger partial charge in [-0.15, -0.1) is 0 Å². The molecule has 3 aromatic rings. The number of aryl methyl sites for hydroxylation is 1. The molecule has 0 aliphatic carbocycles. The average Bonchev–Trinajstić information content (AvgIpc) is 2.80. The summed E-state index contributed by atoms with van der Waals surface area (Å²) in [5, 5.41) is 0. The third-order valence-corrected chi connectivity index (χ3v) is 4.74. The van der Waals surface area contributed by atoms with Crippen LogP contribution in [0.1, 0.15) is 58.9 Å². The zero-order chi connectivity index (χ0) is 22.8. The summed E-state index contributed by atoms with van der Waals surface area (Å²) in [6, 6.07) is 18.4. The molecule has 32 heavy (non-hydrogen) atoms. The molecule has 0 saturated heterocycles. The second-order valence-electron chi connectivity index (χ2n) is 7.39. The molecule has 6 heteroatoms. The lowest BCUT2D eigenvalue weighted by molar-refractivity contribution is 0.0718. The van der Waals surface area contributed by atoms with Crippen molar-refractivity contribution in [2.45, 2.75) is 39.5 Å². The quantitative estimate of drug-likeness (QED) is 0.298. The predicted molar refractivity (Wildman–Crippen MR) is 121 cm³/mol. The lowest BCUT2D eigenvalue weighted by atomic mass is 10.1. The summed E-state index contributed by atoms with van der Waals surface area (Å²) in [5.74, 6) is -0.297. The fraction of sp³-hybridized carbons (Fsp3) is 0.269. The van der Waals surface area contributed by atoms with E-state index in [1.165, 1.54) is 25.0 Å². The van der Waals surface area contributed by atoms with Gasteiger partial charge in [0, 0.05) is 12.1 Å². The Kier molecular flexibility index (Phi) is 8.37. The Bertz CT molecular complexity index is 1030. The van der Waals surface area contributed by atoms with Crippen molar-refractivity contribution in [3.8, 4) is 17.5 Å². The zero-order valence-corrected chi connectivity index (χ0v) is 18.4. The molecule has 3 rings (SSSR count). The van der Waals surface area contributed by atoms with Gasteiger partial charge in [0.25, 0.3) is 0 Å². The zero-order valence-electron chi connectivity index (χ0n) is 18.4. The number of hydrogen-bond acceptors (Lipinski definition) is 6. The van der Waals surface area contributed by atoms with Crippen LogP contribution in [0.15, 0.2) is 66.7 Å². The minimum absolute atomic E-state index is 0.0421. The summed E-state index contributed by atoms with van der Waals surface area (Å²) in [7, 11) is 0. The average molecular weight is 434 g/mol. The van der Waals surface area contributed by atoms with Crippen LogP contribution in [0.2, 0.25) is 0 Å². The van der Waals surface area contributed by atoms with Crippen LogP contribution in [-0.4, -0.2) is 23.5 Å². The van der Waals surface area contributed by atoms with Crippen LogP contribution >= 0.6 is 0 Å². The maximum atomic E-state index is 12.4. The third kappa shape index (κ3) is 6.94. The van der Waals surface area contributed by atoms with Crippen molar-refractivity contribution < 1.29 is 23.8 Å². The van der Waals surface area contributed by atoms with Gasteiger partial charge < -0.3 is 14.2 Å². The van der Waals surface area contributed by atoms with E-state index < -0.39 is 11.9 Å². The van der Waals surface area contributed by atoms with Crippen LogP contribution in [0, 0.1) is 6.92 Å². The minimum atomic E-state index is -0.561. The molecule has 0 amide bonds. The highest BCUT2D eigenvalue weighted by Gasteiger charge is 2.13. The second kappa shape index (κ2) is 11.6. The number of hydrogen-bond donors (Lipinski definition) is 0. The van der Waals surface area contributed by atoms with Crippen LogP contribution in [0.25, 0.3) is 0 Å². The molecule has 0 aliphatic rings. The van der Waals surface area contributed by atoms with Crippen LogP contribution in [0.3, 0.4) is 0 Å². The predicted octanol–water partition coefficient (Wildman–Crippen LogP) is 5.79. The van der Waals surface area contributed by atoms with Crippen molar-refractivity contribution >= 4 is 11.9 Å². The first-order valence-corrected chi connectivity index (χ1v) is 10.8. The number of benzene rings is 2. The summed E-state index contributed by atoms with van der Waals surface area (Å²) in [5.41, 5.74) is 1.82. The lowest BCUT2D eigenvalue weighted by Gasteiger charge is -2.08. The first-order valence-electron chi connectivity index (χ1n) is 10.8. The fourth-order valence-corrected chi connectivity index (χ4v) is 2.91. The molecule has 1 aromatic heterocycles. The molecule has 0 bridgehead atoms. The second-order valence-corrected chi connectivity index (χ2v) is 7.39. The third-order valence-electron chi connectivity index (χ3n) is 4.74. The van der Waals surface area contributed by atoms with Gasteiger partial charge >= 0.3 is 11.9 Å². The smallest absolute Gasteiger partial charge is 0.344 e. The molecule has 0 atom stereocenters. The van der Waals surface area contributed by atoms with Gasteiger partial charge in [-0.3, -0.25) is 0 Å². The topological polar surface area (TPSA) is 74.7 Å². The van der Waals surface area contributed by atoms with Crippen molar-refractivity contribution in [1.29, 1.82) is 0 Å². The van der Waals surface area contributed by atoms with E-state index in [1.54, 1.807) is 42.5 Å². The van der Waals surface area contributed by atoms with E-state index in [0.29, 0.717) is 23.5 Å². The number of carbonyl (C=O) groups is 2. The number of carbonyl (C=O) groups excluding carboxylic acids is 2. The Morgan fingerprint density at radius 3 is 1.88 bits per heavy atom. The monoisotopic (exact) mass is 433 g/mol. The van der Waals surface area contributed by atoms with Crippen LogP contribution in [0.5, 0.6) is 17.5 Å². The highest BCUT2D eigenvalue weighted by Crippen LogP contribution is 2.18. The van der Waals surface area contributed by atoms with Crippen molar-refractivity contribution in [3.63, 3.8) is 0 Å². The Balaban J connectivity index is 1.54. The molecule has 0 radical (unpaired) electrons. The minimum Gasteiger partial charge on any atom is -0.494 e. The van der Waals surface area contributed by atoms with Gasteiger partial charge in [0.15, 0.2) is 0 Å². The van der Waals surface area contributed by atoms with E-state index in [-0.39, 0.29) is 11.8 Å². The van der Waals surface area contributed by atoms with Crippen LogP contribution in [0.4, 0.5) is 0 Å². The number of nitrogens with zero attached hydrogens (tertiary/aromatic N) is 1. The number of rotatable bonds is 10. The van der Waals surface area contributed by atoms with Gasteiger partial charge in [-0.2, -0.15) is 4.98 Å². The van der Waals surface area contributed by atoms with Crippen molar-refractivity contribution in [3.05, 3.63) is 83.4 Å². The van der Waals surface area contributed by atoms with E-state index in [0.717, 1.165) is 18.4 Å². The number of unbranched alkanes of at least 4 members (excludes halogenated alkanes) is 3. The fourth-order valence-electron chi connectivity index (χ4n) is 2.91. The standard InChI is InChI=1S/C26H27NO5/c1-3-4-5-6-18-30-22-16-14-21(15-17-22)26(29)32-24-9-7-8-23(27-24)31-25(28)20-12-10-19(2)11-13-20/h7-17H,3-6,18H2,1-2H3. The molecule has 0 spiro atoms. The van der Waals surface area contributed by atoms with Gasteiger partial charge in [0.2, 0.25) is 11.8 Å². The van der Waals surface area contributed by atoms with Gasteiger partial charge in [-0.1, -0.05) is 49.9 Å². The largest absolute Gasteiger partial charge is 0.494 e. The highest BCUT2D eigenvalue weighted by atomic mass is 16.6. The normalized spacial score (nSPS) is 10.4. The van der Waals surface area contributed by atoms with Gasteiger partial charge in [0.05, 0.1) is 17.7 Å². The molecular weight excluding hydrogens is 406 g/mol. The first kappa shape index (κ1) is 23.0. The molecule has 0 unspecified atom stereocenters. The molecule has 2 aromatic carbocycles. The Morgan fingerprint density at radius 2 is 1.31 bits per heavy atom. The van der Waals surface area contributed by atoms with Gasteiger partial charge in [-0.25, -0.2) is 9.59 Å².